The van der Waals surface area contributed by atoms with Gasteiger partial charge in [0.2, 0.25) is 0 Å². The molecule has 0 aromatic heterocycles. The fourth-order valence-corrected chi connectivity index (χ4v) is 1.97. The van der Waals surface area contributed by atoms with Gasteiger partial charge in [0.1, 0.15) is 11.6 Å². The molecule has 72 valence electrons. The molecule has 0 fully saturated rings. The van der Waals surface area contributed by atoms with E-state index in [1.807, 2.05) is 12.1 Å². The minimum atomic E-state index is 0.120. The van der Waals surface area contributed by atoms with E-state index in [0.717, 1.165) is 31.1 Å². The minimum Gasteiger partial charge on any atom is -0.482 e. The Kier molecular flexibility index (Phi) is 1.69. The Labute approximate surface area is 82.8 Å². The maximum absolute atomic E-state index is 5.80. The zero-order valence-corrected chi connectivity index (χ0v) is 7.86. The maximum Gasteiger partial charge on any atom is 0.159 e. The second kappa shape index (κ2) is 3.01. The fraction of sp³-hybridized carbons (Fsp3) is 0.364. The van der Waals surface area contributed by atoms with Crippen LogP contribution in [0.5, 0.6) is 5.75 Å². The molecule has 1 aromatic rings. The number of ether oxygens (including phenoxy) is 1. The molecule has 0 saturated heterocycles. The summed E-state index contributed by atoms with van der Waals surface area (Å²) in [5, 5.41) is 3.26. The van der Waals surface area contributed by atoms with Gasteiger partial charge in [-0.25, -0.2) is 0 Å². The van der Waals surface area contributed by atoms with E-state index in [1.165, 1.54) is 5.56 Å². The molecule has 14 heavy (non-hydrogen) atoms. The molecule has 0 spiro atoms. The van der Waals surface area contributed by atoms with Crippen LogP contribution in [0.1, 0.15) is 5.56 Å². The Bertz CT molecular complexity index is 362. The van der Waals surface area contributed by atoms with Gasteiger partial charge in [-0.3, -0.25) is 4.99 Å². The van der Waals surface area contributed by atoms with Gasteiger partial charge in [0.25, 0.3) is 0 Å². The van der Waals surface area contributed by atoms with Crippen LogP contribution in [-0.2, 0) is 6.42 Å². The van der Waals surface area contributed by atoms with Crippen LogP contribution in [0, 0.1) is 0 Å². The van der Waals surface area contributed by atoms with E-state index < -0.39 is 0 Å². The van der Waals surface area contributed by atoms with Crippen molar-refractivity contribution in [2.45, 2.75) is 12.5 Å². The van der Waals surface area contributed by atoms with Crippen LogP contribution in [0.2, 0.25) is 0 Å². The lowest BCUT2D eigenvalue weighted by Crippen LogP contribution is -2.34. The van der Waals surface area contributed by atoms with Crippen LogP contribution in [-0.4, -0.2) is 25.0 Å². The Morgan fingerprint density at radius 1 is 1.36 bits per heavy atom. The lowest BCUT2D eigenvalue weighted by molar-refractivity contribution is 0.298. The fourth-order valence-electron chi connectivity index (χ4n) is 1.97. The van der Waals surface area contributed by atoms with Crippen molar-refractivity contribution in [1.29, 1.82) is 0 Å². The number of para-hydroxylation sites is 1. The van der Waals surface area contributed by atoms with Gasteiger partial charge in [-0.05, 0) is 11.6 Å². The van der Waals surface area contributed by atoms with Gasteiger partial charge in [-0.2, -0.15) is 0 Å². The Balaban J connectivity index is 1.84. The van der Waals surface area contributed by atoms with Crippen molar-refractivity contribution in [2.75, 3.05) is 13.1 Å². The number of nitrogens with zero attached hydrogens (tertiary/aromatic N) is 1. The van der Waals surface area contributed by atoms with E-state index in [4.69, 9.17) is 4.74 Å². The molecule has 0 aliphatic carbocycles. The number of rotatable bonds is 1. The standard InChI is InChI=1S/C11H12N2O/c1-2-4-9-8(3-1)7-10(14-9)11-12-5-6-13-11/h1-4,10H,5-7H2,(H,12,13). The highest BCUT2D eigenvalue weighted by Gasteiger charge is 2.27. The summed E-state index contributed by atoms with van der Waals surface area (Å²) in [5.41, 5.74) is 1.29. The first-order valence-electron chi connectivity index (χ1n) is 4.96. The third-order valence-electron chi connectivity index (χ3n) is 2.65. The quantitative estimate of drug-likeness (QED) is 0.713. The third kappa shape index (κ3) is 1.16. The first-order valence-corrected chi connectivity index (χ1v) is 4.96. The van der Waals surface area contributed by atoms with Gasteiger partial charge in [0.05, 0.1) is 6.54 Å². The predicted molar refractivity (Wildman–Crippen MR) is 54.9 cm³/mol. The molecule has 1 N–H and O–H groups in total. The second-order valence-corrected chi connectivity index (χ2v) is 3.61. The molecule has 1 atom stereocenters. The van der Waals surface area contributed by atoms with E-state index in [1.54, 1.807) is 0 Å². The molecule has 2 heterocycles. The number of amidine groups is 1. The zero-order valence-electron chi connectivity index (χ0n) is 7.86. The molecule has 0 bridgehead atoms. The molecule has 0 radical (unpaired) electrons. The molecule has 0 saturated carbocycles. The zero-order chi connectivity index (χ0) is 9.38. The summed E-state index contributed by atoms with van der Waals surface area (Å²) in [6.45, 7) is 1.83. The molecular formula is C11H12N2O. The van der Waals surface area contributed by atoms with Gasteiger partial charge in [0, 0.05) is 13.0 Å². The summed E-state index contributed by atoms with van der Waals surface area (Å²) in [6, 6.07) is 8.19. The molecule has 3 rings (SSSR count). The molecule has 1 unspecified atom stereocenters. The average Bonchev–Trinajstić information content (AvgIpc) is 2.86. The van der Waals surface area contributed by atoms with Gasteiger partial charge >= 0.3 is 0 Å². The number of nitrogens with one attached hydrogen (secondary N) is 1. The van der Waals surface area contributed by atoms with Crippen LogP contribution in [0.15, 0.2) is 29.3 Å². The van der Waals surface area contributed by atoms with Crippen molar-refractivity contribution < 1.29 is 4.74 Å². The molecule has 1 aromatic carbocycles. The summed E-state index contributed by atoms with van der Waals surface area (Å²) in [5.74, 6) is 2.02. The van der Waals surface area contributed by atoms with Crippen LogP contribution in [0.4, 0.5) is 0 Å². The summed E-state index contributed by atoms with van der Waals surface area (Å²) in [6.07, 6.45) is 1.07. The number of fused-ring (bicyclic) bond motifs is 1. The molecule has 3 nitrogen and oxygen atoms in total. The number of hydrogen-bond acceptors (Lipinski definition) is 3. The Morgan fingerprint density at radius 3 is 3.07 bits per heavy atom. The van der Waals surface area contributed by atoms with Gasteiger partial charge in [-0.1, -0.05) is 18.2 Å². The van der Waals surface area contributed by atoms with Crippen molar-refractivity contribution in [3.8, 4) is 5.75 Å². The van der Waals surface area contributed by atoms with Crippen molar-refractivity contribution in [1.82, 2.24) is 5.32 Å². The third-order valence-corrected chi connectivity index (χ3v) is 2.65. The van der Waals surface area contributed by atoms with Crippen LogP contribution < -0.4 is 10.1 Å². The summed E-state index contributed by atoms with van der Waals surface area (Å²) in [7, 11) is 0. The highest BCUT2D eigenvalue weighted by molar-refractivity contribution is 5.89. The molecule has 2 aliphatic heterocycles. The first kappa shape index (κ1) is 7.85. The molecule has 2 aliphatic rings. The van der Waals surface area contributed by atoms with Crippen molar-refractivity contribution in [3.63, 3.8) is 0 Å². The summed E-state index contributed by atoms with van der Waals surface area (Å²) in [4.78, 5) is 4.38. The van der Waals surface area contributed by atoms with E-state index in [-0.39, 0.29) is 6.10 Å². The lowest BCUT2D eigenvalue weighted by Gasteiger charge is -2.10. The highest BCUT2D eigenvalue weighted by Crippen LogP contribution is 2.28. The van der Waals surface area contributed by atoms with Crippen molar-refractivity contribution in [2.24, 2.45) is 4.99 Å². The van der Waals surface area contributed by atoms with Crippen LogP contribution in [0.3, 0.4) is 0 Å². The molecular weight excluding hydrogens is 176 g/mol. The highest BCUT2D eigenvalue weighted by atomic mass is 16.5. The van der Waals surface area contributed by atoms with Crippen LogP contribution in [0.25, 0.3) is 0 Å². The normalized spacial score (nSPS) is 23.7. The lowest BCUT2D eigenvalue weighted by atomic mass is 10.1. The van der Waals surface area contributed by atoms with Crippen molar-refractivity contribution in [3.05, 3.63) is 29.8 Å². The van der Waals surface area contributed by atoms with E-state index in [2.05, 4.69) is 22.4 Å². The topological polar surface area (TPSA) is 33.6 Å². The number of hydrogen-bond donors (Lipinski definition) is 1. The molecule has 0 amide bonds. The average molecular weight is 188 g/mol. The first-order chi connectivity index (χ1) is 6.93. The van der Waals surface area contributed by atoms with Gasteiger partial charge in [-0.15, -0.1) is 0 Å². The Hall–Kier alpha value is -1.51. The summed E-state index contributed by atoms with van der Waals surface area (Å²) >= 11 is 0. The summed E-state index contributed by atoms with van der Waals surface area (Å²) < 4.78 is 5.80. The van der Waals surface area contributed by atoms with E-state index in [9.17, 15) is 0 Å². The van der Waals surface area contributed by atoms with E-state index in [0.29, 0.717) is 0 Å². The van der Waals surface area contributed by atoms with Gasteiger partial charge in [0.15, 0.2) is 6.10 Å². The minimum absolute atomic E-state index is 0.120. The van der Waals surface area contributed by atoms with Gasteiger partial charge < -0.3 is 10.1 Å². The van der Waals surface area contributed by atoms with E-state index >= 15 is 0 Å². The van der Waals surface area contributed by atoms with Crippen molar-refractivity contribution >= 4 is 5.84 Å². The Morgan fingerprint density at radius 2 is 2.29 bits per heavy atom. The SMILES string of the molecule is c1ccc2c(c1)CC(C1=NCCN1)O2. The largest absolute Gasteiger partial charge is 0.482 e. The maximum atomic E-state index is 5.80. The smallest absolute Gasteiger partial charge is 0.159 e. The molecule has 3 heteroatoms. The predicted octanol–water partition coefficient (Wildman–Crippen LogP) is 0.992. The van der Waals surface area contributed by atoms with Crippen LogP contribution >= 0.6 is 0 Å². The monoisotopic (exact) mass is 188 g/mol. The number of benzene rings is 1. The second-order valence-electron chi connectivity index (χ2n) is 3.61. The number of aliphatic imine (C=N–C) groups is 1.